The lowest BCUT2D eigenvalue weighted by atomic mass is 10.0. The van der Waals surface area contributed by atoms with E-state index in [0.717, 1.165) is 34.0 Å². The predicted molar refractivity (Wildman–Crippen MR) is 139 cm³/mol. The average molecular weight is 501 g/mol. The molecule has 0 fully saturated rings. The first-order valence-electron chi connectivity index (χ1n) is 12.3. The molecule has 0 saturated carbocycles. The van der Waals surface area contributed by atoms with Crippen LogP contribution >= 0.6 is 0 Å². The fourth-order valence-electron chi connectivity index (χ4n) is 4.61. The maximum atomic E-state index is 12.2. The molecule has 37 heavy (non-hydrogen) atoms. The number of ether oxygens (including phenoxy) is 2. The highest BCUT2D eigenvalue weighted by molar-refractivity contribution is 5.95. The molecule has 0 saturated heterocycles. The van der Waals surface area contributed by atoms with Gasteiger partial charge < -0.3 is 25.4 Å². The third-order valence-electron chi connectivity index (χ3n) is 6.82. The van der Waals surface area contributed by atoms with Crippen LogP contribution in [0, 0.1) is 12.8 Å². The number of nitrogens with two attached hydrogens (primary N) is 1. The van der Waals surface area contributed by atoms with Crippen molar-refractivity contribution in [3.8, 4) is 22.9 Å². The lowest BCUT2D eigenvalue weighted by molar-refractivity contribution is -0.130. The van der Waals surface area contributed by atoms with Crippen molar-refractivity contribution >= 4 is 34.1 Å². The minimum Gasteiger partial charge on any atom is -0.487 e. The Kier molecular flexibility index (Phi) is 5.54. The van der Waals surface area contributed by atoms with E-state index in [1.807, 2.05) is 32.2 Å². The van der Waals surface area contributed by atoms with Crippen LogP contribution < -0.4 is 20.5 Å². The van der Waals surface area contributed by atoms with E-state index >= 15 is 0 Å². The van der Waals surface area contributed by atoms with Crippen LogP contribution in [-0.4, -0.2) is 62.3 Å². The van der Waals surface area contributed by atoms with Gasteiger partial charge in [0.2, 0.25) is 5.91 Å². The number of nitrogens with zero attached hydrogens (tertiary/aromatic N) is 6. The lowest BCUT2D eigenvalue weighted by Gasteiger charge is -2.14. The van der Waals surface area contributed by atoms with Crippen molar-refractivity contribution in [2.75, 3.05) is 37.9 Å². The summed E-state index contributed by atoms with van der Waals surface area (Å²) in [6, 6.07) is 5.83. The monoisotopic (exact) mass is 500 g/mol. The summed E-state index contributed by atoms with van der Waals surface area (Å²) in [7, 11) is 1.81. The van der Waals surface area contributed by atoms with Crippen LogP contribution in [0.15, 0.2) is 30.6 Å². The molecule has 0 aromatic carbocycles. The second-order valence-corrected chi connectivity index (χ2v) is 9.71. The third kappa shape index (κ3) is 4.26. The van der Waals surface area contributed by atoms with E-state index < -0.39 is 0 Å². The number of aromatic nitrogens is 5. The molecule has 1 amide bonds. The smallest absolute Gasteiger partial charge is 0.257 e. The van der Waals surface area contributed by atoms with Crippen molar-refractivity contribution in [3.05, 3.63) is 41.9 Å². The van der Waals surface area contributed by atoms with Crippen LogP contribution in [0.1, 0.15) is 18.2 Å². The van der Waals surface area contributed by atoms with Crippen LogP contribution in [0.2, 0.25) is 0 Å². The maximum Gasteiger partial charge on any atom is 0.257 e. The van der Waals surface area contributed by atoms with Gasteiger partial charge >= 0.3 is 0 Å². The summed E-state index contributed by atoms with van der Waals surface area (Å²) in [6.07, 6.45) is 4.19. The quantitative estimate of drug-likeness (QED) is 0.435. The Morgan fingerprint density at radius 1 is 1.11 bits per heavy atom. The molecular formula is C26H28N8O3. The van der Waals surface area contributed by atoms with E-state index in [1.165, 1.54) is 0 Å². The van der Waals surface area contributed by atoms with Gasteiger partial charge in [-0.15, -0.1) is 0 Å². The van der Waals surface area contributed by atoms with Gasteiger partial charge in [-0.3, -0.25) is 9.48 Å². The summed E-state index contributed by atoms with van der Waals surface area (Å²) in [4.78, 5) is 27.6. The number of hydrogen-bond acceptors (Lipinski definition) is 9. The molecular weight excluding hydrogens is 472 g/mol. The Hall–Kier alpha value is -4.41. The highest BCUT2D eigenvalue weighted by atomic mass is 16.5. The fourth-order valence-corrected chi connectivity index (χ4v) is 4.61. The molecule has 2 aliphatic rings. The minimum atomic E-state index is 0.0433. The van der Waals surface area contributed by atoms with Crippen molar-refractivity contribution < 1.29 is 14.3 Å². The van der Waals surface area contributed by atoms with Gasteiger partial charge in [-0.2, -0.15) is 5.10 Å². The Labute approximate surface area is 213 Å². The topological polar surface area (TPSA) is 133 Å². The maximum absolute atomic E-state index is 12.2. The molecule has 11 nitrogen and oxygen atoms in total. The van der Waals surface area contributed by atoms with E-state index in [9.17, 15) is 4.79 Å². The molecule has 0 radical (unpaired) electrons. The molecule has 11 heteroatoms. The van der Waals surface area contributed by atoms with Gasteiger partial charge in [0, 0.05) is 66.6 Å². The number of carbonyl (C=O) groups excluding carboxylic acids is 1. The Morgan fingerprint density at radius 2 is 1.95 bits per heavy atom. The van der Waals surface area contributed by atoms with Gasteiger partial charge in [0.05, 0.1) is 18.9 Å². The number of amides is 1. The predicted octanol–water partition coefficient (Wildman–Crippen LogP) is 2.94. The summed E-state index contributed by atoms with van der Waals surface area (Å²) in [5, 5.41) is 9.45. The average Bonchev–Trinajstić information content (AvgIpc) is 3.05. The second-order valence-electron chi connectivity index (χ2n) is 9.71. The fraction of sp³-hybridized carbons (Fsp3) is 0.346. The van der Waals surface area contributed by atoms with Gasteiger partial charge in [-0.1, -0.05) is 6.92 Å². The first kappa shape index (κ1) is 23.0. The van der Waals surface area contributed by atoms with Crippen LogP contribution in [0.25, 0.3) is 22.0 Å². The number of rotatable bonds is 3. The number of carbonyl (C=O) groups is 1. The van der Waals surface area contributed by atoms with Crippen LogP contribution in [0.4, 0.5) is 17.5 Å². The lowest BCUT2D eigenvalue weighted by Crippen LogP contribution is -2.29. The first-order valence-corrected chi connectivity index (χ1v) is 12.3. The molecule has 2 aliphatic heterocycles. The van der Waals surface area contributed by atoms with Crippen molar-refractivity contribution in [2.45, 2.75) is 26.8 Å². The molecule has 4 aromatic heterocycles. The summed E-state index contributed by atoms with van der Waals surface area (Å²) in [5.41, 5.74) is 9.75. The second kappa shape index (κ2) is 8.91. The van der Waals surface area contributed by atoms with Crippen molar-refractivity contribution in [2.24, 2.45) is 5.92 Å². The van der Waals surface area contributed by atoms with Gasteiger partial charge in [-0.05, 0) is 24.4 Å². The zero-order chi connectivity index (χ0) is 25.7. The van der Waals surface area contributed by atoms with Crippen molar-refractivity contribution in [1.82, 2.24) is 29.6 Å². The summed E-state index contributed by atoms with van der Waals surface area (Å²) in [5.74, 6) is 3.09. The number of nitrogen functional groups attached to an aromatic ring is 1. The molecule has 1 atom stereocenters. The zero-order valence-corrected chi connectivity index (χ0v) is 21.0. The molecule has 6 heterocycles. The molecule has 190 valence electrons. The Balaban J connectivity index is 1.32. The minimum absolute atomic E-state index is 0.0433. The largest absolute Gasteiger partial charge is 0.487 e. The van der Waals surface area contributed by atoms with E-state index in [4.69, 9.17) is 15.2 Å². The van der Waals surface area contributed by atoms with E-state index in [2.05, 4.69) is 32.3 Å². The number of likely N-dealkylation sites (N-methyl/N-ethyl adjacent to an activating group) is 1. The van der Waals surface area contributed by atoms with Gasteiger partial charge in [-0.25, -0.2) is 15.0 Å². The molecule has 0 bridgehead atoms. The van der Waals surface area contributed by atoms with E-state index in [0.29, 0.717) is 54.5 Å². The standard InChI is InChI=1S/C26H28N8O3/c1-14-12-36-24-15(2)18(9-29-26(24)37-13-14)20-6-16-7-21(28-10-19(16)25(27)30-20)31-22-8-17-4-5-33(3)23(35)11-34(17)32-22/h6-10,14H,4-5,11-13H2,1-3H3,(H2,27,30)(H,28,31,32)/t14-/m1/s1. The highest BCUT2D eigenvalue weighted by Gasteiger charge is 2.22. The first-order chi connectivity index (χ1) is 17.9. The molecule has 0 unspecified atom stereocenters. The van der Waals surface area contributed by atoms with E-state index in [-0.39, 0.29) is 18.4 Å². The zero-order valence-electron chi connectivity index (χ0n) is 21.0. The molecule has 3 N–H and O–H groups in total. The van der Waals surface area contributed by atoms with Crippen LogP contribution in [0.3, 0.4) is 0 Å². The van der Waals surface area contributed by atoms with E-state index in [1.54, 1.807) is 22.0 Å². The summed E-state index contributed by atoms with van der Waals surface area (Å²) < 4.78 is 13.6. The molecule has 0 aliphatic carbocycles. The normalized spacial score (nSPS) is 17.3. The van der Waals surface area contributed by atoms with Gasteiger partial charge in [0.25, 0.3) is 5.88 Å². The Bertz CT molecular complexity index is 1530. The molecule has 4 aromatic rings. The highest BCUT2D eigenvalue weighted by Crippen LogP contribution is 2.38. The van der Waals surface area contributed by atoms with Gasteiger partial charge in [0.15, 0.2) is 11.6 Å². The third-order valence-corrected chi connectivity index (χ3v) is 6.82. The van der Waals surface area contributed by atoms with Crippen LogP contribution in [0.5, 0.6) is 11.6 Å². The van der Waals surface area contributed by atoms with Crippen LogP contribution in [-0.2, 0) is 17.8 Å². The molecule has 0 spiro atoms. The number of fused-ring (bicyclic) bond motifs is 3. The number of anilines is 3. The summed E-state index contributed by atoms with van der Waals surface area (Å²) >= 11 is 0. The van der Waals surface area contributed by atoms with Crippen molar-refractivity contribution in [1.29, 1.82) is 0 Å². The number of hydrogen-bond donors (Lipinski definition) is 2. The summed E-state index contributed by atoms with van der Waals surface area (Å²) in [6.45, 7) is 6.07. The molecule has 6 rings (SSSR count). The Morgan fingerprint density at radius 3 is 2.81 bits per heavy atom. The SMILES string of the molecule is Cc1c(-c2cc3cc(Nc4cc5n(n4)CC(=O)N(C)CC5)ncc3c(N)n2)cnc2c1OC[C@@H](C)CO2. The van der Waals surface area contributed by atoms with Gasteiger partial charge in [0.1, 0.15) is 18.2 Å². The number of nitrogens with one attached hydrogen (secondary N) is 1. The van der Waals surface area contributed by atoms with Crippen molar-refractivity contribution in [3.63, 3.8) is 0 Å². The number of pyridine rings is 3.